The van der Waals surface area contributed by atoms with Crippen molar-refractivity contribution in [3.8, 4) is 11.5 Å². The number of carbonyl (C=O) groups excluding carboxylic acids is 1. The molecule has 0 aliphatic carbocycles. The largest absolute Gasteiger partial charge is 0.494 e. The molecule has 1 amide bonds. The van der Waals surface area contributed by atoms with Crippen molar-refractivity contribution < 1.29 is 14.3 Å². The predicted molar refractivity (Wildman–Crippen MR) is 105 cm³/mol. The Labute approximate surface area is 157 Å². The lowest BCUT2D eigenvalue weighted by molar-refractivity contribution is 0.103. The maximum atomic E-state index is 12.4. The summed E-state index contributed by atoms with van der Waals surface area (Å²) in [5, 5.41) is 4.85. The molecule has 0 aliphatic heterocycles. The summed E-state index contributed by atoms with van der Waals surface area (Å²) in [6.07, 6.45) is 0. The molecule has 3 aromatic rings. The quantitative estimate of drug-likeness (QED) is 0.617. The second-order valence-corrected chi connectivity index (χ2v) is 6.70. The third-order valence-electron chi connectivity index (χ3n) is 3.79. The summed E-state index contributed by atoms with van der Waals surface area (Å²) in [4.78, 5) is 13.0. The summed E-state index contributed by atoms with van der Waals surface area (Å²) in [6.45, 7) is 5.01. The van der Waals surface area contributed by atoms with Crippen molar-refractivity contribution in [1.29, 1.82) is 0 Å². The number of hydrogen-bond donors (Lipinski definition) is 1. The lowest BCUT2D eigenvalue weighted by Gasteiger charge is -2.07. The van der Waals surface area contributed by atoms with E-state index in [2.05, 4.69) is 5.32 Å². The van der Waals surface area contributed by atoms with Gasteiger partial charge in [0.25, 0.3) is 5.91 Å². The fourth-order valence-electron chi connectivity index (χ4n) is 2.44. The van der Waals surface area contributed by atoms with E-state index < -0.39 is 0 Å². The molecule has 26 heavy (non-hydrogen) atoms. The normalized spacial score (nSPS) is 10.4. The Kier molecular flexibility index (Phi) is 5.92. The number of nitrogens with one attached hydrogen (secondary N) is 1. The minimum Gasteiger partial charge on any atom is -0.494 e. The van der Waals surface area contributed by atoms with Gasteiger partial charge in [0, 0.05) is 11.3 Å². The maximum absolute atomic E-state index is 12.4. The van der Waals surface area contributed by atoms with Gasteiger partial charge in [0.15, 0.2) is 0 Å². The first-order chi connectivity index (χ1) is 12.7. The molecule has 0 saturated heterocycles. The molecule has 1 aromatic heterocycles. The molecule has 0 aliphatic rings. The molecule has 2 aromatic carbocycles. The second kappa shape index (κ2) is 8.54. The van der Waals surface area contributed by atoms with Crippen molar-refractivity contribution in [2.75, 3.05) is 11.9 Å². The average Bonchev–Trinajstić information content (AvgIpc) is 3.12. The van der Waals surface area contributed by atoms with Gasteiger partial charge in [0.05, 0.1) is 11.5 Å². The summed E-state index contributed by atoms with van der Waals surface area (Å²) >= 11 is 1.41. The van der Waals surface area contributed by atoms with Crippen LogP contribution in [0.25, 0.3) is 0 Å². The van der Waals surface area contributed by atoms with E-state index in [1.807, 2.05) is 73.8 Å². The number of benzene rings is 2. The molecule has 0 radical (unpaired) electrons. The third-order valence-corrected chi connectivity index (χ3v) is 4.77. The Hall–Kier alpha value is -2.79. The summed E-state index contributed by atoms with van der Waals surface area (Å²) < 4.78 is 11.2. The monoisotopic (exact) mass is 367 g/mol. The van der Waals surface area contributed by atoms with Gasteiger partial charge in [0.1, 0.15) is 18.1 Å². The zero-order chi connectivity index (χ0) is 18.4. The Morgan fingerprint density at radius 1 is 1.08 bits per heavy atom. The first kappa shape index (κ1) is 18.0. The molecule has 4 nitrogen and oxygen atoms in total. The Balaban J connectivity index is 1.58. The molecule has 1 N–H and O–H groups in total. The third kappa shape index (κ3) is 4.64. The van der Waals surface area contributed by atoms with Crippen molar-refractivity contribution in [3.05, 3.63) is 76.0 Å². The van der Waals surface area contributed by atoms with Gasteiger partial charge in [-0.1, -0.05) is 18.2 Å². The van der Waals surface area contributed by atoms with E-state index in [1.54, 1.807) is 0 Å². The molecule has 1 heterocycles. The first-order valence-electron chi connectivity index (χ1n) is 8.45. The molecule has 5 heteroatoms. The van der Waals surface area contributed by atoms with Crippen LogP contribution in [-0.2, 0) is 6.61 Å². The number of anilines is 1. The van der Waals surface area contributed by atoms with E-state index >= 15 is 0 Å². The Morgan fingerprint density at radius 3 is 2.58 bits per heavy atom. The minimum atomic E-state index is -0.124. The van der Waals surface area contributed by atoms with E-state index in [-0.39, 0.29) is 5.91 Å². The van der Waals surface area contributed by atoms with Gasteiger partial charge in [-0.15, -0.1) is 11.3 Å². The van der Waals surface area contributed by atoms with Gasteiger partial charge in [-0.05, 0) is 61.2 Å². The van der Waals surface area contributed by atoms with Crippen molar-refractivity contribution >= 4 is 22.9 Å². The highest BCUT2D eigenvalue weighted by molar-refractivity contribution is 7.12. The lowest BCUT2D eigenvalue weighted by Crippen LogP contribution is -2.10. The van der Waals surface area contributed by atoms with Gasteiger partial charge < -0.3 is 14.8 Å². The van der Waals surface area contributed by atoms with Crippen LogP contribution in [0.3, 0.4) is 0 Å². The van der Waals surface area contributed by atoms with Gasteiger partial charge in [-0.2, -0.15) is 0 Å². The maximum Gasteiger partial charge on any atom is 0.265 e. The topological polar surface area (TPSA) is 47.6 Å². The highest BCUT2D eigenvalue weighted by atomic mass is 32.1. The number of aryl methyl sites for hydroxylation is 1. The molecule has 0 bridgehead atoms. The van der Waals surface area contributed by atoms with Crippen LogP contribution in [-0.4, -0.2) is 12.5 Å². The van der Waals surface area contributed by atoms with E-state index in [0.717, 1.165) is 28.3 Å². The summed E-state index contributed by atoms with van der Waals surface area (Å²) in [6, 6.07) is 17.1. The SMILES string of the molecule is CCOc1ccc(NC(=O)c2cc(COc3ccccc3C)cs2)cc1. The van der Waals surface area contributed by atoms with Crippen LogP contribution in [0.1, 0.15) is 27.7 Å². The molecular weight excluding hydrogens is 346 g/mol. The Morgan fingerprint density at radius 2 is 1.85 bits per heavy atom. The molecular formula is C21H21NO3S. The zero-order valence-corrected chi connectivity index (χ0v) is 15.6. The van der Waals surface area contributed by atoms with Crippen LogP contribution in [0.4, 0.5) is 5.69 Å². The van der Waals surface area contributed by atoms with Crippen LogP contribution >= 0.6 is 11.3 Å². The number of amides is 1. The van der Waals surface area contributed by atoms with E-state index in [0.29, 0.717) is 18.1 Å². The van der Waals surface area contributed by atoms with Gasteiger partial charge >= 0.3 is 0 Å². The number of ether oxygens (including phenoxy) is 2. The van der Waals surface area contributed by atoms with Crippen LogP contribution in [0.2, 0.25) is 0 Å². The summed E-state index contributed by atoms with van der Waals surface area (Å²) in [7, 11) is 0. The van der Waals surface area contributed by atoms with Crippen molar-refractivity contribution in [3.63, 3.8) is 0 Å². The second-order valence-electron chi connectivity index (χ2n) is 5.78. The molecule has 0 saturated carbocycles. The number of para-hydroxylation sites is 1. The summed E-state index contributed by atoms with van der Waals surface area (Å²) in [5.74, 6) is 1.53. The van der Waals surface area contributed by atoms with Gasteiger partial charge in [-0.25, -0.2) is 0 Å². The van der Waals surface area contributed by atoms with Crippen LogP contribution in [0.5, 0.6) is 11.5 Å². The minimum absolute atomic E-state index is 0.124. The number of thiophene rings is 1. The smallest absolute Gasteiger partial charge is 0.265 e. The molecule has 3 rings (SSSR count). The fraction of sp³-hybridized carbons (Fsp3) is 0.190. The molecule has 134 valence electrons. The standard InChI is InChI=1S/C21H21NO3S/c1-3-24-18-10-8-17(9-11-18)22-21(23)20-12-16(14-26-20)13-25-19-7-5-4-6-15(19)2/h4-12,14H,3,13H2,1-2H3,(H,22,23). The number of hydrogen-bond acceptors (Lipinski definition) is 4. The van der Waals surface area contributed by atoms with Crippen molar-refractivity contribution in [1.82, 2.24) is 0 Å². The predicted octanol–water partition coefficient (Wildman–Crippen LogP) is 5.29. The van der Waals surface area contributed by atoms with E-state index in [1.165, 1.54) is 11.3 Å². The van der Waals surface area contributed by atoms with E-state index in [9.17, 15) is 4.79 Å². The molecule has 0 atom stereocenters. The summed E-state index contributed by atoms with van der Waals surface area (Å²) in [5.41, 5.74) is 2.82. The Bertz CT molecular complexity index is 871. The van der Waals surface area contributed by atoms with E-state index in [4.69, 9.17) is 9.47 Å². The molecule has 0 fully saturated rings. The average molecular weight is 367 g/mol. The van der Waals surface area contributed by atoms with Crippen molar-refractivity contribution in [2.24, 2.45) is 0 Å². The highest BCUT2D eigenvalue weighted by Gasteiger charge is 2.10. The molecule has 0 spiro atoms. The molecule has 0 unspecified atom stereocenters. The zero-order valence-electron chi connectivity index (χ0n) is 14.8. The van der Waals surface area contributed by atoms with Gasteiger partial charge in [0.2, 0.25) is 0 Å². The van der Waals surface area contributed by atoms with Gasteiger partial charge in [-0.3, -0.25) is 4.79 Å². The van der Waals surface area contributed by atoms with Crippen LogP contribution in [0.15, 0.2) is 60.0 Å². The van der Waals surface area contributed by atoms with Crippen molar-refractivity contribution in [2.45, 2.75) is 20.5 Å². The fourth-order valence-corrected chi connectivity index (χ4v) is 3.24. The highest BCUT2D eigenvalue weighted by Crippen LogP contribution is 2.22. The lowest BCUT2D eigenvalue weighted by atomic mass is 10.2. The number of rotatable bonds is 7. The van der Waals surface area contributed by atoms with Crippen LogP contribution < -0.4 is 14.8 Å². The van der Waals surface area contributed by atoms with Crippen LogP contribution in [0, 0.1) is 6.92 Å². The number of carbonyl (C=O) groups is 1. The first-order valence-corrected chi connectivity index (χ1v) is 9.33.